The first-order valence-electron chi connectivity index (χ1n) is 18.1. The number of oxazole rings is 1. The smallest absolute Gasteiger partial charge is 0.422 e. The zero-order chi connectivity index (χ0) is 34.8. The van der Waals surface area contributed by atoms with Crippen LogP contribution in [0.4, 0.5) is 5.69 Å². The molecule has 4 aromatic rings. The molecule has 50 heavy (non-hydrogen) atoms. The molecular formula is C43H51N3O4. The van der Waals surface area contributed by atoms with E-state index in [2.05, 4.69) is 114 Å². The van der Waals surface area contributed by atoms with E-state index in [1.165, 1.54) is 21.3 Å². The maximum absolute atomic E-state index is 12.8. The number of carbonyl (C=O) groups is 1. The van der Waals surface area contributed by atoms with Crippen molar-refractivity contribution in [1.29, 1.82) is 0 Å². The first kappa shape index (κ1) is 36.4. The van der Waals surface area contributed by atoms with Gasteiger partial charge in [0.1, 0.15) is 0 Å². The van der Waals surface area contributed by atoms with Crippen molar-refractivity contribution in [3.05, 3.63) is 138 Å². The largest absolute Gasteiger partial charge is 0.444 e. The molecule has 1 aliphatic rings. The maximum Gasteiger partial charge on any atom is 0.422 e. The van der Waals surface area contributed by atoms with E-state index in [1.54, 1.807) is 0 Å². The van der Waals surface area contributed by atoms with Crippen LogP contribution >= 0.6 is 0 Å². The Kier molecular flexibility index (Phi) is 14.5. The van der Waals surface area contributed by atoms with E-state index in [0.717, 1.165) is 83.4 Å². The number of hydrogen-bond acceptors (Lipinski definition) is 6. The molecule has 2 heterocycles. The second-order valence-corrected chi connectivity index (χ2v) is 12.6. The predicted molar refractivity (Wildman–Crippen MR) is 205 cm³/mol. The lowest BCUT2D eigenvalue weighted by Gasteiger charge is -2.36. The van der Waals surface area contributed by atoms with Crippen LogP contribution in [0.15, 0.2) is 131 Å². The summed E-state index contributed by atoms with van der Waals surface area (Å²) in [5.74, 6) is -0.825. The molecular weight excluding hydrogens is 622 g/mol. The van der Waals surface area contributed by atoms with Gasteiger partial charge in [0, 0.05) is 39.1 Å². The summed E-state index contributed by atoms with van der Waals surface area (Å²) in [6.45, 7) is 6.32. The third-order valence-corrected chi connectivity index (χ3v) is 8.90. The molecule has 7 nitrogen and oxygen atoms in total. The van der Waals surface area contributed by atoms with Crippen molar-refractivity contribution in [1.82, 2.24) is 9.47 Å². The van der Waals surface area contributed by atoms with E-state index in [-0.39, 0.29) is 12.7 Å². The monoisotopic (exact) mass is 673 g/mol. The topological polar surface area (TPSA) is 67.9 Å². The predicted octanol–water partition coefficient (Wildman–Crippen LogP) is 9.45. The lowest BCUT2D eigenvalue weighted by atomic mass is 10.0. The van der Waals surface area contributed by atoms with Crippen LogP contribution < -0.4 is 10.7 Å². The van der Waals surface area contributed by atoms with Crippen molar-refractivity contribution in [2.45, 2.75) is 71.6 Å². The van der Waals surface area contributed by atoms with E-state index < -0.39 is 5.76 Å². The van der Waals surface area contributed by atoms with Crippen molar-refractivity contribution < 1.29 is 13.9 Å². The van der Waals surface area contributed by atoms with E-state index in [1.807, 2.05) is 24.3 Å². The molecule has 0 atom stereocenters. The number of ether oxygens (including phenoxy) is 1. The summed E-state index contributed by atoms with van der Waals surface area (Å²) in [7, 11) is 0. The number of unbranched alkanes of at least 4 members (excludes halogenated alkanes) is 2. The Hall–Kier alpha value is -4.88. The summed E-state index contributed by atoms with van der Waals surface area (Å²) >= 11 is 0. The average Bonchev–Trinajstić information content (AvgIpc) is 3.48. The molecule has 0 aliphatic carbocycles. The number of allylic oxidation sites excluding steroid dienone is 8. The summed E-state index contributed by atoms with van der Waals surface area (Å²) in [5, 5.41) is 0. The molecule has 0 radical (unpaired) electrons. The number of rotatable bonds is 18. The molecule has 0 amide bonds. The number of carbonyl (C=O) groups excluding carboxylic acids is 1. The first-order valence-corrected chi connectivity index (χ1v) is 18.1. The molecule has 0 spiro atoms. The number of fused-ring (bicyclic) bond motifs is 1. The van der Waals surface area contributed by atoms with Gasteiger partial charge in [-0.05, 0) is 79.8 Å². The molecule has 1 aliphatic heterocycles. The van der Waals surface area contributed by atoms with E-state index in [0.29, 0.717) is 17.5 Å². The third-order valence-electron chi connectivity index (χ3n) is 8.90. The number of para-hydroxylation sites is 1. The number of hydrogen-bond donors (Lipinski definition) is 0. The minimum Gasteiger partial charge on any atom is -0.444 e. The highest BCUT2D eigenvalue weighted by Crippen LogP contribution is 2.28. The zero-order valence-corrected chi connectivity index (χ0v) is 29.4. The van der Waals surface area contributed by atoms with Crippen LogP contribution in [0.3, 0.4) is 0 Å². The van der Waals surface area contributed by atoms with Gasteiger partial charge < -0.3 is 14.1 Å². The Morgan fingerprint density at radius 3 is 2.18 bits per heavy atom. The van der Waals surface area contributed by atoms with Crippen LogP contribution in [-0.2, 0) is 22.8 Å². The minimum atomic E-state index is -0.517. The van der Waals surface area contributed by atoms with Crippen LogP contribution in [0.25, 0.3) is 22.2 Å². The maximum atomic E-state index is 12.8. The average molecular weight is 674 g/mol. The molecule has 0 bridgehead atoms. The third kappa shape index (κ3) is 11.1. The standard InChI is InChI=1S/C43H51N3O4/c1-2-3-4-5-6-7-8-9-10-11-12-13-14-15-19-28-41(47)49-35-46-40-27-21-26-39(42(40)50-43(46)48)45-31-29-44(30-32-45)34-36-22-20-25-38(33-36)37-23-17-16-18-24-37/h3-4,6-7,9-10,12-13,16-18,20-27,33H,2,5,8,11,14-15,19,28-32,34-35H2,1H3/b4-3-,7-6-,10-9-,13-12-. The normalized spacial score (nSPS) is 14.3. The lowest BCUT2D eigenvalue weighted by molar-refractivity contribution is -0.147. The molecule has 0 unspecified atom stereocenters. The second-order valence-electron chi connectivity index (χ2n) is 12.6. The van der Waals surface area contributed by atoms with E-state index in [9.17, 15) is 9.59 Å². The van der Waals surface area contributed by atoms with Gasteiger partial charge in [-0.25, -0.2) is 9.36 Å². The molecule has 1 saturated heterocycles. The minimum absolute atomic E-state index is 0.152. The van der Waals surface area contributed by atoms with Gasteiger partial charge in [-0.15, -0.1) is 0 Å². The highest BCUT2D eigenvalue weighted by Gasteiger charge is 2.22. The number of esters is 1. The number of aromatic nitrogens is 1. The van der Waals surface area contributed by atoms with Gasteiger partial charge in [-0.3, -0.25) is 9.69 Å². The highest BCUT2D eigenvalue weighted by atomic mass is 16.5. The number of benzene rings is 3. The molecule has 0 N–H and O–H groups in total. The Labute approximate surface area is 296 Å². The molecule has 1 aromatic heterocycles. The molecule has 1 fully saturated rings. The van der Waals surface area contributed by atoms with Crippen molar-refractivity contribution in [3.8, 4) is 11.1 Å². The van der Waals surface area contributed by atoms with Crippen LogP contribution in [-0.4, -0.2) is 41.6 Å². The number of nitrogens with zero attached hydrogens (tertiary/aromatic N) is 3. The fourth-order valence-electron chi connectivity index (χ4n) is 6.16. The molecule has 7 heteroatoms. The SMILES string of the molecule is CC/C=C\C/C=C\C/C=C\C/C=C\CCCCC(=O)OCn1c(=O)oc2c(N3CCN(Cc4cccc(-c5ccccc5)c4)CC3)cccc21. The van der Waals surface area contributed by atoms with Crippen molar-refractivity contribution in [2.75, 3.05) is 31.1 Å². The summed E-state index contributed by atoms with van der Waals surface area (Å²) in [4.78, 5) is 30.0. The Bertz CT molecular complexity index is 1810. The van der Waals surface area contributed by atoms with Gasteiger partial charge in [0.2, 0.25) is 0 Å². The molecule has 5 rings (SSSR count). The van der Waals surface area contributed by atoms with Crippen LogP contribution in [0, 0.1) is 0 Å². The quantitative estimate of drug-likeness (QED) is 0.0596. The Morgan fingerprint density at radius 1 is 0.760 bits per heavy atom. The Morgan fingerprint density at radius 2 is 1.44 bits per heavy atom. The van der Waals surface area contributed by atoms with E-state index >= 15 is 0 Å². The Balaban J connectivity index is 1.02. The van der Waals surface area contributed by atoms with Crippen LogP contribution in [0.5, 0.6) is 0 Å². The highest BCUT2D eigenvalue weighted by molar-refractivity contribution is 5.87. The number of piperazine rings is 1. The van der Waals surface area contributed by atoms with Gasteiger partial charge in [0.25, 0.3) is 0 Å². The van der Waals surface area contributed by atoms with Gasteiger partial charge in [-0.1, -0.05) is 110 Å². The van der Waals surface area contributed by atoms with Crippen molar-refractivity contribution >= 4 is 22.8 Å². The van der Waals surface area contributed by atoms with Crippen LogP contribution in [0.1, 0.15) is 63.9 Å². The van der Waals surface area contributed by atoms with Crippen molar-refractivity contribution in [3.63, 3.8) is 0 Å². The van der Waals surface area contributed by atoms with Gasteiger partial charge in [-0.2, -0.15) is 0 Å². The van der Waals surface area contributed by atoms with Gasteiger partial charge in [0.15, 0.2) is 12.3 Å². The van der Waals surface area contributed by atoms with Gasteiger partial charge in [0.05, 0.1) is 11.2 Å². The lowest BCUT2D eigenvalue weighted by Crippen LogP contribution is -2.46. The fourth-order valence-corrected chi connectivity index (χ4v) is 6.16. The number of anilines is 1. The molecule has 0 saturated carbocycles. The summed E-state index contributed by atoms with van der Waals surface area (Å²) < 4.78 is 12.6. The second kappa shape index (κ2) is 20.0. The summed E-state index contributed by atoms with van der Waals surface area (Å²) in [6, 6.07) is 25.0. The summed E-state index contributed by atoms with van der Waals surface area (Å²) in [6.07, 6.45) is 24.3. The molecule has 3 aromatic carbocycles. The van der Waals surface area contributed by atoms with Crippen LogP contribution in [0.2, 0.25) is 0 Å². The summed E-state index contributed by atoms with van der Waals surface area (Å²) in [5.41, 5.74) is 5.83. The zero-order valence-electron chi connectivity index (χ0n) is 29.4. The van der Waals surface area contributed by atoms with E-state index in [4.69, 9.17) is 9.15 Å². The first-order chi connectivity index (χ1) is 24.6. The van der Waals surface area contributed by atoms with Crippen molar-refractivity contribution in [2.24, 2.45) is 0 Å². The van der Waals surface area contributed by atoms with Gasteiger partial charge >= 0.3 is 11.7 Å². The fraction of sp³-hybridized carbons (Fsp3) is 0.349. The molecule has 262 valence electrons.